The minimum absolute atomic E-state index is 0. The Bertz CT molecular complexity index is 436. The van der Waals surface area contributed by atoms with Crippen molar-refractivity contribution in [3.63, 3.8) is 0 Å². The van der Waals surface area contributed by atoms with E-state index in [2.05, 4.69) is 11.1 Å². The number of alkyl halides is 1. The van der Waals surface area contributed by atoms with Gasteiger partial charge in [-0.3, -0.25) is 0 Å². The molecule has 1 aromatic carbocycles. The third kappa shape index (κ3) is 3.71. The molecule has 0 amide bonds. The number of benzene rings is 1. The van der Waals surface area contributed by atoms with Gasteiger partial charge in [0.1, 0.15) is 6.67 Å². The predicted molar refractivity (Wildman–Crippen MR) is 58.5 cm³/mol. The van der Waals surface area contributed by atoms with Gasteiger partial charge in [0.05, 0.1) is 10.7 Å². The number of aromatic nitrogens is 1. The summed E-state index contributed by atoms with van der Waals surface area (Å²) < 4.78 is 12.4. The van der Waals surface area contributed by atoms with Gasteiger partial charge in [-0.15, -0.1) is 0 Å². The van der Waals surface area contributed by atoms with E-state index in [0.717, 1.165) is 9.92 Å². The quantitative estimate of drug-likeness (QED) is 0.719. The Labute approximate surface area is 112 Å². The summed E-state index contributed by atoms with van der Waals surface area (Å²) in [5.74, 6) is 0. The summed E-state index contributed by atoms with van der Waals surface area (Å²) in [7, 11) is 0. The number of rotatable bonds is 3. The van der Waals surface area contributed by atoms with Gasteiger partial charge < -0.3 is 0 Å². The molecular formula is C12H9FIrNS-. The summed E-state index contributed by atoms with van der Waals surface area (Å²) in [6.45, 7) is -0.521. The topological polar surface area (TPSA) is 12.9 Å². The van der Waals surface area contributed by atoms with Crippen LogP contribution in [0.1, 0.15) is 5.69 Å². The Kier molecular flexibility index (Phi) is 5.67. The fourth-order valence-corrected chi connectivity index (χ4v) is 1.95. The maximum Gasteiger partial charge on any atom is 0.131 e. The molecule has 1 nitrogen and oxygen atoms in total. The van der Waals surface area contributed by atoms with Crippen LogP contribution < -0.4 is 0 Å². The van der Waals surface area contributed by atoms with Gasteiger partial charge in [0.2, 0.25) is 0 Å². The molecule has 16 heavy (non-hydrogen) atoms. The largest absolute Gasteiger partial charge is 0.244 e. The standard InChI is InChI=1S/C12H9FNS.Ir/c13-9-10-5-4-8-12(14-10)15-11-6-2-1-3-7-11;/h1-6,8H,9H2;/q-1;. The van der Waals surface area contributed by atoms with Gasteiger partial charge in [0, 0.05) is 20.1 Å². The molecule has 85 valence electrons. The molecule has 2 rings (SSSR count). The van der Waals surface area contributed by atoms with E-state index in [9.17, 15) is 4.39 Å². The van der Waals surface area contributed by atoms with Crippen LogP contribution in [0.15, 0.2) is 52.4 Å². The summed E-state index contributed by atoms with van der Waals surface area (Å²) >= 11 is 1.48. The minimum atomic E-state index is -0.521. The van der Waals surface area contributed by atoms with Crippen molar-refractivity contribution < 1.29 is 24.5 Å². The van der Waals surface area contributed by atoms with E-state index in [1.165, 1.54) is 11.8 Å². The van der Waals surface area contributed by atoms with Crippen molar-refractivity contribution in [1.29, 1.82) is 0 Å². The van der Waals surface area contributed by atoms with Crippen LogP contribution in [-0.4, -0.2) is 4.98 Å². The molecule has 0 unspecified atom stereocenters. The molecule has 0 spiro atoms. The average molecular weight is 410 g/mol. The van der Waals surface area contributed by atoms with Crippen LogP contribution in [0.4, 0.5) is 4.39 Å². The molecule has 0 fully saturated rings. The van der Waals surface area contributed by atoms with E-state index < -0.39 is 6.67 Å². The van der Waals surface area contributed by atoms with Gasteiger partial charge in [0.15, 0.2) is 0 Å². The monoisotopic (exact) mass is 411 g/mol. The van der Waals surface area contributed by atoms with Gasteiger partial charge in [-0.2, -0.15) is 30.3 Å². The van der Waals surface area contributed by atoms with Gasteiger partial charge in [-0.25, -0.2) is 9.37 Å². The third-order valence-corrected chi connectivity index (χ3v) is 2.72. The molecule has 0 aliphatic rings. The Hall–Kier alpha value is -0.701. The van der Waals surface area contributed by atoms with Gasteiger partial charge >= 0.3 is 0 Å². The van der Waals surface area contributed by atoms with E-state index in [0.29, 0.717) is 5.69 Å². The van der Waals surface area contributed by atoms with E-state index in [1.807, 2.05) is 36.4 Å². The molecule has 4 heteroatoms. The molecular weight excluding hydrogens is 401 g/mol. The van der Waals surface area contributed by atoms with Gasteiger partial charge in [-0.1, -0.05) is 22.7 Å². The van der Waals surface area contributed by atoms with Gasteiger partial charge in [0.25, 0.3) is 0 Å². The van der Waals surface area contributed by atoms with Crippen molar-refractivity contribution in [2.45, 2.75) is 16.6 Å². The molecule has 0 N–H and O–H groups in total. The normalized spacial score (nSPS) is 9.56. The second-order valence-corrected chi connectivity index (χ2v) is 3.99. The molecule has 0 bridgehead atoms. The van der Waals surface area contributed by atoms with Crippen molar-refractivity contribution in [3.8, 4) is 0 Å². The van der Waals surface area contributed by atoms with Crippen molar-refractivity contribution in [1.82, 2.24) is 4.98 Å². The maximum absolute atomic E-state index is 12.4. The molecule has 1 radical (unpaired) electrons. The fourth-order valence-electron chi connectivity index (χ4n) is 1.14. The number of hydrogen-bond acceptors (Lipinski definition) is 2. The van der Waals surface area contributed by atoms with Crippen molar-refractivity contribution in [2.24, 2.45) is 0 Å². The zero-order valence-corrected chi connectivity index (χ0v) is 11.5. The second-order valence-electron chi connectivity index (χ2n) is 2.93. The van der Waals surface area contributed by atoms with Crippen molar-refractivity contribution in [3.05, 3.63) is 54.2 Å². The zero-order valence-electron chi connectivity index (χ0n) is 8.32. The first-order valence-electron chi connectivity index (χ1n) is 4.55. The molecule has 1 aromatic heterocycles. The van der Waals surface area contributed by atoms with Crippen molar-refractivity contribution >= 4 is 11.8 Å². The van der Waals surface area contributed by atoms with Gasteiger partial charge in [-0.05, 0) is 12.1 Å². The van der Waals surface area contributed by atoms with Crippen LogP contribution in [0.2, 0.25) is 0 Å². The summed E-state index contributed by atoms with van der Waals surface area (Å²) in [5.41, 5.74) is 0.468. The number of nitrogens with zero attached hydrogens (tertiary/aromatic N) is 1. The Morgan fingerprint density at radius 1 is 1.19 bits per heavy atom. The summed E-state index contributed by atoms with van der Waals surface area (Å²) in [4.78, 5) is 5.14. The summed E-state index contributed by atoms with van der Waals surface area (Å²) in [6.07, 6.45) is 0. The first-order chi connectivity index (χ1) is 7.38. The van der Waals surface area contributed by atoms with E-state index in [1.54, 1.807) is 6.07 Å². The average Bonchev–Trinajstić information content (AvgIpc) is 2.31. The molecule has 2 aromatic rings. The van der Waals surface area contributed by atoms with E-state index >= 15 is 0 Å². The maximum atomic E-state index is 12.4. The predicted octanol–water partition coefficient (Wildman–Crippen LogP) is 3.50. The van der Waals surface area contributed by atoms with Crippen LogP contribution in [-0.2, 0) is 26.8 Å². The number of pyridine rings is 1. The van der Waals surface area contributed by atoms with Crippen LogP contribution >= 0.6 is 11.8 Å². The van der Waals surface area contributed by atoms with E-state index in [4.69, 9.17) is 0 Å². The van der Waals surface area contributed by atoms with Crippen molar-refractivity contribution in [2.75, 3.05) is 0 Å². The molecule has 1 heterocycles. The van der Waals surface area contributed by atoms with Crippen LogP contribution in [0.5, 0.6) is 0 Å². The minimum Gasteiger partial charge on any atom is -0.244 e. The Morgan fingerprint density at radius 2 is 2.06 bits per heavy atom. The second kappa shape index (κ2) is 6.79. The van der Waals surface area contributed by atoms with Crippen LogP contribution in [0.3, 0.4) is 0 Å². The Balaban J connectivity index is 0.00000128. The molecule has 0 saturated carbocycles. The van der Waals surface area contributed by atoms with E-state index in [-0.39, 0.29) is 20.1 Å². The van der Waals surface area contributed by atoms with Crippen LogP contribution in [0.25, 0.3) is 0 Å². The third-order valence-electron chi connectivity index (χ3n) is 1.81. The Morgan fingerprint density at radius 3 is 2.75 bits per heavy atom. The van der Waals surface area contributed by atoms with Crippen LogP contribution in [0, 0.1) is 6.07 Å². The SMILES string of the molecule is FCc1cccc(Sc2[c-]cccc2)n1.[Ir]. The summed E-state index contributed by atoms with van der Waals surface area (Å²) in [5, 5.41) is 0.799. The molecule has 0 aliphatic carbocycles. The molecule has 0 saturated heterocycles. The number of hydrogen-bond donors (Lipinski definition) is 0. The zero-order chi connectivity index (χ0) is 10.5. The first kappa shape index (κ1) is 13.4. The fraction of sp³-hybridized carbons (Fsp3) is 0.0833. The summed E-state index contributed by atoms with van der Waals surface area (Å²) in [6, 6.07) is 16.1. The first-order valence-corrected chi connectivity index (χ1v) is 5.36. The molecule has 0 aliphatic heterocycles. The number of halogens is 1. The smallest absolute Gasteiger partial charge is 0.131 e. The molecule has 0 atom stereocenters.